The monoisotopic (exact) mass is 329 g/mol. The second-order valence-electron chi connectivity index (χ2n) is 5.29. The first kappa shape index (κ1) is 15.4. The van der Waals surface area contributed by atoms with E-state index in [1.165, 1.54) is 12.1 Å². The summed E-state index contributed by atoms with van der Waals surface area (Å²) in [4.78, 5) is 16.8. The average molecular weight is 329 g/mol. The fraction of sp³-hybridized carbons (Fsp3) is 0.176. The minimum atomic E-state index is -0.286. The van der Waals surface area contributed by atoms with Gasteiger partial charge in [0.2, 0.25) is 0 Å². The molecule has 0 fully saturated rings. The van der Waals surface area contributed by atoms with Crippen molar-refractivity contribution >= 4 is 17.2 Å². The third-order valence-corrected chi connectivity index (χ3v) is 4.29. The van der Waals surface area contributed by atoms with Crippen molar-refractivity contribution in [3.8, 4) is 11.3 Å². The summed E-state index contributed by atoms with van der Waals surface area (Å²) in [5, 5.41) is 5.81. The Morgan fingerprint density at radius 1 is 1.35 bits per heavy atom. The third kappa shape index (κ3) is 3.48. The van der Waals surface area contributed by atoms with Crippen LogP contribution in [0.1, 0.15) is 21.1 Å². The highest BCUT2D eigenvalue weighted by Gasteiger charge is 2.13. The van der Waals surface area contributed by atoms with Crippen molar-refractivity contribution in [2.45, 2.75) is 13.5 Å². The third-order valence-electron chi connectivity index (χ3n) is 3.52. The van der Waals surface area contributed by atoms with Crippen LogP contribution in [0, 0.1) is 12.7 Å². The van der Waals surface area contributed by atoms with Crippen LogP contribution in [0.5, 0.6) is 0 Å². The van der Waals surface area contributed by atoms with E-state index in [9.17, 15) is 9.18 Å². The number of hydrogen-bond donors (Lipinski definition) is 1. The molecule has 2 heterocycles. The normalized spacial score (nSPS) is 10.7. The first-order valence-electron chi connectivity index (χ1n) is 7.14. The van der Waals surface area contributed by atoms with Gasteiger partial charge in [-0.15, -0.1) is 11.3 Å². The van der Waals surface area contributed by atoms with E-state index < -0.39 is 0 Å². The molecule has 1 amide bonds. The number of nitrogens with one attached hydrogen (secondary N) is 1. The van der Waals surface area contributed by atoms with E-state index in [4.69, 9.17) is 0 Å². The maximum atomic E-state index is 12.9. The highest BCUT2D eigenvalue weighted by atomic mass is 32.1. The first-order chi connectivity index (χ1) is 11.0. The minimum Gasteiger partial charge on any atom is -0.347 e. The van der Waals surface area contributed by atoms with Gasteiger partial charge in [0.15, 0.2) is 0 Å². The molecule has 0 aliphatic heterocycles. The smallest absolute Gasteiger partial charge is 0.268 e. The van der Waals surface area contributed by atoms with Crippen molar-refractivity contribution in [2.75, 3.05) is 0 Å². The van der Waals surface area contributed by atoms with E-state index in [0.717, 1.165) is 21.8 Å². The van der Waals surface area contributed by atoms with Gasteiger partial charge in [0.1, 0.15) is 11.5 Å². The lowest BCUT2D eigenvalue weighted by atomic mass is 10.2. The van der Waals surface area contributed by atoms with Gasteiger partial charge >= 0.3 is 0 Å². The van der Waals surface area contributed by atoms with Gasteiger partial charge in [0.25, 0.3) is 5.91 Å². The Hall–Kier alpha value is -2.47. The molecule has 118 valence electrons. The zero-order chi connectivity index (χ0) is 16.4. The zero-order valence-electron chi connectivity index (χ0n) is 12.8. The summed E-state index contributed by atoms with van der Waals surface area (Å²) in [5.74, 6) is -0.458. The van der Waals surface area contributed by atoms with Gasteiger partial charge in [0.05, 0.1) is 10.7 Å². The Bertz CT molecular complexity index is 836. The molecule has 2 aromatic heterocycles. The molecule has 3 rings (SSSR count). The summed E-state index contributed by atoms with van der Waals surface area (Å²) in [7, 11) is 1.83. The number of halogens is 1. The lowest BCUT2D eigenvalue weighted by Crippen LogP contribution is -2.24. The Morgan fingerprint density at radius 3 is 2.74 bits per heavy atom. The quantitative estimate of drug-likeness (QED) is 0.796. The molecule has 1 N–H and O–H groups in total. The lowest BCUT2D eigenvalue weighted by molar-refractivity contribution is 0.0943. The van der Waals surface area contributed by atoms with Crippen molar-refractivity contribution in [2.24, 2.45) is 7.05 Å². The second-order valence-corrected chi connectivity index (χ2v) is 6.35. The van der Waals surface area contributed by atoms with E-state index in [0.29, 0.717) is 12.2 Å². The number of hydrogen-bond acceptors (Lipinski definition) is 3. The number of amides is 1. The van der Waals surface area contributed by atoms with Gasteiger partial charge < -0.3 is 9.88 Å². The number of aryl methyl sites for hydroxylation is 2. The van der Waals surface area contributed by atoms with Gasteiger partial charge in [-0.25, -0.2) is 9.37 Å². The summed E-state index contributed by atoms with van der Waals surface area (Å²) in [5.41, 5.74) is 3.21. The van der Waals surface area contributed by atoms with Gasteiger partial charge in [-0.05, 0) is 30.7 Å². The molecule has 1 aromatic carbocycles. The number of aromatic nitrogens is 2. The molecule has 6 heteroatoms. The molecular weight excluding hydrogens is 313 g/mol. The fourth-order valence-corrected chi connectivity index (χ4v) is 2.92. The van der Waals surface area contributed by atoms with Crippen LogP contribution in [0.2, 0.25) is 0 Å². The van der Waals surface area contributed by atoms with Crippen molar-refractivity contribution in [3.63, 3.8) is 0 Å². The molecule has 0 aliphatic carbocycles. The molecule has 0 atom stereocenters. The number of carbonyl (C=O) groups excluding carboxylic acids is 1. The topological polar surface area (TPSA) is 46.9 Å². The van der Waals surface area contributed by atoms with Crippen LogP contribution in [0.15, 0.2) is 41.9 Å². The van der Waals surface area contributed by atoms with E-state index in [1.54, 1.807) is 28.0 Å². The number of benzene rings is 1. The molecule has 4 nitrogen and oxygen atoms in total. The number of nitrogens with zero attached hydrogens (tertiary/aromatic N) is 2. The fourth-order valence-electron chi connectivity index (χ4n) is 2.30. The van der Waals surface area contributed by atoms with E-state index >= 15 is 0 Å². The summed E-state index contributed by atoms with van der Waals surface area (Å²) in [6, 6.07) is 7.90. The van der Waals surface area contributed by atoms with E-state index in [2.05, 4.69) is 10.3 Å². The maximum absolute atomic E-state index is 12.9. The minimum absolute atomic E-state index is 0.171. The van der Waals surface area contributed by atoms with Crippen LogP contribution in [0.4, 0.5) is 4.39 Å². The molecule has 23 heavy (non-hydrogen) atoms. The van der Waals surface area contributed by atoms with E-state index in [-0.39, 0.29) is 11.7 Å². The molecule has 3 aromatic rings. The van der Waals surface area contributed by atoms with Crippen LogP contribution < -0.4 is 5.32 Å². The molecule has 0 radical (unpaired) electrons. The molecule has 0 unspecified atom stereocenters. The van der Waals surface area contributed by atoms with Crippen molar-refractivity contribution in [1.82, 2.24) is 14.9 Å². The number of carbonyl (C=O) groups is 1. The highest BCUT2D eigenvalue weighted by Crippen LogP contribution is 2.23. The SMILES string of the molecule is Cc1nc(-c2cc(C(=O)NCc3ccc(F)cc3)n(C)c2)cs1. The molecular formula is C17H16FN3OS. The van der Waals surface area contributed by atoms with Crippen molar-refractivity contribution in [1.29, 1.82) is 0 Å². The maximum Gasteiger partial charge on any atom is 0.268 e. The Balaban J connectivity index is 1.72. The molecule has 0 saturated carbocycles. The summed E-state index contributed by atoms with van der Waals surface area (Å²) >= 11 is 1.58. The van der Waals surface area contributed by atoms with Gasteiger partial charge in [-0.2, -0.15) is 0 Å². The van der Waals surface area contributed by atoms with Crippen LogP contribution >= 0.6 is 11.3 Å². The van der Waals surface area contributed by atoms with Crippen molar-refractivity contribution in [3.05, 3.63) is 64.0 Å². The van der Waals surface area contributed by atoms with Gasteiger partial charge in [0, 0.05) is 30.7 Å². The predicted octanol–water partition coefficient (Wildman–Crippen LogP) is 3.53. The Kier molecular flexibility index (Phi) is 4.25. The van der Waals surface area contributed by atoms with Gasteiger partial charge in [-0.1, -0.05) is 12.1 Å². The standard InChI is InChI=1S/C17H16FN3OS/c1-11-20-15(10-23-11)13-7-16(21(2)9-13)17(22)19-8-12-3-5-14(18)6-4-12/h3-7,9-10H,8H2,1-2H3,(H,19,22). The van der Waals surface area contributed by atoms with E-state index in [1.807, 2.05) is 31.6 Å². The van der Waals surface area contributed by atoms with Crippen molar-refractivity contribution < 1.29 is 9.18 Å². The Labute approximate surface area is 137 Å². The number of thiazole rings is 1. The molecule has 0 saturated heterocycles. The Morgan fingerprint density at radius 2 is 2.09 bits per heavy atom. The molecule has 0 spiro atoms. The van der Waals surface area contributed by atoms with Crippen LogP contribution in [-0.4, -0.2) is 15.5 Å². The highest BCUT2D eigenvalue weighted by molar-refractivity contribution is 7.09. The number of rotatable bonds is 4. The van der Waals surface area contributed by atoms with Crippen LogP contribution in [0.3, 0.4) is 0 Å². The summed E-state index contributed by atoms with van der Waals surface area (Å²) in [6.07, 6.45) is 1.89. The van der Waals surface area contributed by atoms with Gasteiger partial charge in [-0.3, -0.25) is 4.79 Å². The average Bonchev–Trinajstić information content (AvgIpc) is 3.12. The summed E-state index contributed by atoms with van der Waals surface area (Å²) < 4.78 is 14.7. The lowest BCUT2D eigenvalue weighted by Gasteiger charge is -2.06. The zero-order valence-corrected chi connectivity index (χ0v) is 13.7. The van der Waals surface area contributed by atoms with Crippen LogP contribution in [-0.2, 0) is 13.6 Å². The molecule has 0 bridgehead atoms. The largest absolute Gasteiger partial charge is 0.347 e. The van der Waals surface area contributed by atoms with Crippen LogP contribution in [0.25, 0.3) is 11.3 Å². The summed E-state index contributed by atoms with van der Waals surface area (Å²) in [6.45, 7) is 2.31. The first-order valence-corrected chi connectivity index (χ1v) is 8.02. The second kappa shape index (κ2) is 6.34. The molecule has 0 aliphatic rings. The predicted molar refractivity (Wildman–Crippen MR) is 88.8 cm³/mol.